The van der Waals surface area contributed by atoms with Crippen LogP contribution < -0.4 is 10.6 Å². The number of carboxylic acid groups (broad SMARTS) is 2. The maximum Gasteiger partial charge on any atom is 0.326 e. The first-order chi connectivity index (χ1) is 21.0. The van der Waals surface area contributed by atoms with Gasteiger partial charge in [-0.15, -0.1) is 0 Å². The van der Waals surface area contributed by atoms with Crippen LogP contribution in [0, 0.1) is 11.8 Å². The fourth-order valence-electron chi connectivity index (χ4n) is 6.90. The van der Waals surface area contributed by atoms with E-state index in [0.717, 1.165) is 0 Å². The minimum absolute atomic E-state index is 0.0158. The standard InChI is InChI=1S/C30H38N6O8/c1-33-11-5-9-21(33)25(37)31-17-13-23(29(41)42)35(15-17)27(39)19-7-3-4-8-20(19)28(40)36-16-18(14-24(36)30(43)44)32-26(38)22-10-6-12-34(22)2/h5-6,9-12,17-20,23-24H,3-4,7-8,13-16H2,1-2H3,(H,31,37)(H,32,38)(H,41,42)(H,43,44)/t17-,18-,19?,20?,23-,24-/m0/s1. The maximum atomic E-state index is 13.9. The number of aliphatic carboxylic acids is 2. The zero-order valence-electron chi connectivity index (χ0n) is 24.7. The molecule has 2 aliphatic heterocycles. The van der Waals surface area contributed by atoms with Crippen molar-refractivity contribution in [3.63, 3.8) is 0 Å². The number of rotatable bonds is 8. The first-order valence-electron chi connectivity index (χ1n) is 14.9. The van der Waals surface area contributed by atoms with Gasteiger partial charge < -0.3 is 39.8 Å². The number of carboxylic acids is 2. The van der Waals surface area contributed by atoms with Gasteiger partial charge in [0.05, 0.1) is 0 Å². The molecular weight excluding hydrogens is 572 g/mol. The molecule has 1 saturated carbocycles. The van der Waals surface area contributed by atoms with Crippen LogP contribution in [0.5, 0.6) is 0 Å². The third kappa shape index (κ3) is 6.06. The molecule has 2 unspecified atom stereocenters. The molecule has 0 bridgehead atoms. The highest BCUT2D eigenvalue weighted by Crippen LogP contribution is 2.36. The number of hydrogen-bond donors (Lipinski definition) is 4. The van der Waals surface area contributed by atoms with Crippen LogP contribution in [0.25, 0.3) is 0 Å². The van der Waals surface area contributed by atoms with E-state index in [1.165, 1.54) is 9.80 Å². The predicted octanol–water partition coefficient (Wildman–Crippen LogP) is 0.438. The normalized spacial score (nSPS) is 26.8. The molecule has 6 atom stereocenters. The average Bonchev–Trinajstić information content (AvgIpc) is 3.79. The van der Waals surface area contributed by atoms with Crippen molar-refractivity contribution in [2.24, 2.45) is 25.9 Å². The summed E-state index contributed by atoms with van der Waals surface area (Å²) in [5.74, 6) is -5.77. The molecule has 1 aliphatic carbocycles. The SMILES string of the molecule is Cn1cccc1C(=O)N[C@H]1C[C@@H](C(=O)O)N(C(=O)C2CCCCC2C(=O)N2C[C@@H](NC(=O)c3cccn3C)C[C@H]2C(=O)O)C1. The number of amides is 4. The van der Waals surface area contributed by atoms with E-state index in [4.69, 9.17) is 0 Å². The average molecular weight is 611 g/mol. The summed E-state index contributed by atoms with van der Waals surface area (Å²) in [6, 6.07) is 3.18. The molecule has 4 N–H and O–H groups in total. The summed E-state index contributed by atoms with van der Waals surface area (Å²) >= 11 is 0. The zero-order valence-corrected chi connectivity index (χ0v) is 24.7. The number of likely N-dealkylation sites (tertiary alicyclic amines) is 2. The molecule has 3 aliphatic rings. The lowest BCUT2D eigenvalue weighted by Crippen LogP contribution is -2.51. The minimum atomic E-state index is -1.20. The number of nitrogens with zero attached hydrogens (tertiary/aromatic N) is 4. The summed E-state index contributed by atoms with van der Waals surface area (Å²) in [5, 5.41) is 25.6. The number of aromatic nitrogens is 2. The van der Waals surface area contributed by atoms with Crippen LogP contribution in [0.3, 0.4) is 0 Å². The smallest absolute Gasteiger partial charge is 0.326 e. The zero-order chi connectivity index (χ0) is 31.7. The van der Waals surface area contributed by atoms with Gasteiger partial charge in [0.2, 0.25) is 11.8 Å². The summed E-state index contributed by atoms with van der Waals surface area (Å²) in [6.45, 7) is -0.0316. The van der Waals surface area contributed by atoms with Crippen LogP contribution >= 0.6 is 0 Å². The van der Waals surface area contributed by atoms with Gasteiger partial charge in [0.1, 0.15) is 23.5 Å². The molecule has 0 aromatic carbocycles. The number of aryl methyl sites for hydroxylation is 2. The second-order valence-electron chi connectivity index (χ2n) is 12.0. The van der Waals surface area contributed by atoms with Gasteiger partial charge in [0.15, 0.2) is 0 Å². The number of carbonyl (C=O) groups is 6. The molecule has 0 radical (unpaired) electrons. The van der Waals surface area contributed by atoms with Gasteiger partial charge in [-0.3, -0.25) is 19.2 Å². The third-order valence-corrected chi connectivity index (χ3v) is 9.16. The molecule has 14 heteroatoms. The first-order valence-corrected chi connectivity index (χ1v) is 14.9. The van der Waals surface area contributed by atoms with E-state index in [1.54, 1.807) is 59.9 Å². The van der Waals surface area contributed by atoms with E-state index in [0.29, 0.717) is 37.1 Å². The molecule has 44 heavy (non-hydrogen) atoms. The van der Waals surface area contributed by atoms with Gasteiger partial charge in [-0.1, -0.05) is 12.8 Å². The molecule has 3 fully saturated rings. The molecule has 14 nitrogen and oxygen atoms in total. The van der Waals surface area contributed by atoms with E-state index in [1.807, 2.05) is 0 Å². The van der Waals surface area contributed by atoms with Crippen molar-refractivity contribution in [1.29, 1.82) is 0 Å². The van der Waals surface area contributed by atoms with Crippen molar-refractivity contribution in [2.75, 3.05) is 13.1 Å². The van der Waals surface area contributed by atoms with Gasteiger partial charge in [-0.05, 0) is 37.1 Å². The Labute approximate surface area is 254 Å². The fraction of sp³-hybridized carbons (Fsp3) is 0.533. The lowest BCUT2D eigenvalue weighted by atomic mass is 9.77. The second-order valence-corrected chi connectivity index (χ2v) is 12.0. The Hall–Kier alpha value is -4.62. The molecule has 0 spiro atoms. The van der Waals surface area contributed by atoms with E-state index in [9.17, 15) is 39.0 Å². The highest BCUT2D eigenvalue weighted by atomic mass is 16.4. The predicted molar refractivity (Wildman–Crippen MR) is 154 cm³/mol. The molecule has 5 rings (SSSR count). The maximum absolute atomic E-state index is 13.9. The summed E-state index contributed by atoms with van der Waals surface area (Å²) < 4.78 is 3.28. The highest BCUT2D eigenvalue weighted by Gasteiger charge is 2.49. The largest absolute Gasteiger partial charge is 0.480 e. The van der Waals surface area contributed by atoms with E-state index < -0.39 is 59.8 Å². The summed E-state index contributed by atoms with van der Waals surface area (Å²) in [5.41, 5.74) is 0.799. The van der Waals surface area contributed by atoms with Gasteiger partial charge in [0, 0.05) is 76.3 Å². The van der Waals surface area contributed by atoms with Crippen LogP contribution in [0.15, 0.2) is 36.7 Å². The summed E-state index contributed by atoms with van der Waals surface area (Å²) in [7, 11) is 3.43. The van der Waals surface area contributed by atoms with Crippen molar-refractivity contribution >= 4 is 35.6 Å². The van der Waals surface area contributed by atoms with Gasteiger partial charge in [-0.2, -0.15) is 0 Å². The van der Waals surface area contributed by atoms with Gasteiger partial charge in [-0.25, -0.2) is 9.59 Å². The molecule has 2 aromatic heterocycles. The molecule has 2 aromatic rings. The number of nitrogens with one attached hydrogen (secondary N) is 2. The molecule has 4 heterocycles. The van der Waals surface area contributed by atoms with Crippen molar-refractivity contribution in [3.8, 4) is 0 Å². The Bertz CT molecular complexity index is 1360. The number of hydrogen-bond acceptors (Lipinski definition) is 6. The van der Waals surface area contributed by atoms with E-state index >= 15 is 0 Å². The van der Waals surface area contributed by atoms with Crippen molar-refractivity contribution < 1.29 is 39.0 Å². The van der Waals surface area contributed by atoms with E-state index in [2.05, 4.69) is 10.6 Å². The third-order valence-electron chi connectivity index (χ3n) is 9.16. The molecule has 236 valence electrons. The first kappa shape index (κ1) is 30.8. The Kier molecular flexibility index (Phi) is 8.79. The summed E-state index contributed by atoms with van der Waals surface area (Å²) in [4.78, 5) is 80.3. The Morgan fingerprint density at radius 1 is 0.682 bits per heavy atom. The van der Waals surface area contributed by atoms with Crippen molar-refractivity contribution in [1.82, 2.24) is 29.6 Å². The van der Waals surface area contributed by atoms with Gasteiger partial charge >= 0.3 is 11.9 Å². The minimum Gasteiger partial charge on any atom is -0.480 e. The van der Waals surface area contributed by atoms with Gasteiger partial charge in [0.25, 0.3) is 11.8 Å². The van der Waals surface area contributed by atoms with E-state index in [-0.39, 0.29) is 37.7 Å². The fourth-order valence-corrected chi connectivity index (χ4v) is 6.90. The molecule has 4 amide bonds. The summed E-state index contributed by atoms with van der Waals surface area (Å²) in [6.07, 6.45) is 5.53. The van der Waals surface area contributed by atoms with Crippen LogP contribution in [0.2, 0.25) is 0 Å². The Balaban J connectivity index is 1.30. The molecule has 2 saturated heterocycles. The quantitative estimate of drug-likeness (QED) is 0.332. The second kappa shape index (κ2) is 12.5. The van der Waals surface area contributed by atoms with Crippen LogP contribution in [-0.2, 0) is 33.3 Å². The van der Waals surface area contributed by atoms with Crippen LogP contribution in [0.1, 0.15) is 59.5 Å². The van der Waals surface area contributed by atoms with Crippen LogP contribution in [-0.4, -0.2) is 102 Å². The Morgan fingerprint density at radius 3 is 1.39 bits per heavy atom. The number of carbonyl (C=O) groups excluding carboxylic acids is 4. The van der Waals surface area contributed by atoms with Crippen molar-refractivity contribution in [2.45, 2.75) is 62.7 Å². The Morgan fingerprint density at radius 2 is 1.07 bits per heavy atom. The molecular formula is C30H38N6O8. The highest BCUT2D eigenvalue weighted by molar-refractivity contribution is 5.95. The monoisotopic (exact) mass is 610 g/mol. The van der Waals surface area contributed by atoms with Crippen LogP contribution in [0.4, 0.5) is 0 Å². The lowest BCUT2D eigenvalue weighted by molar-refractivity contribution is -0.156. The topological polar surface area (TPSA) is 183 Å². The lowest BCUT2D eigenvalue weighted by Gasteiger charge is -2.36. The van der Waals surface area contributed by atoms with Crippen molar-refractivity contribution in [3.05, 3.63) is 48.0 Å².